The normalized spacial score (nSPS) is 11.5. The number of nitrogens with one attached hydrogen (secondary N) is 2. The van der Waals surface area contributed by atoms with Crippen LogP contribution in [0.3, 0.4) is 0 Å². The summed E-state index contributed by atoms with van der Waals surface area (Å²) in [7, 11) is 0. The lowest BCUT2D eigenvalue weighted by Gasteiger charge is -2.13. The molecular weight excluding hydrogens is 270 g/mol. The van der Waals surface area contributed by atoms with Gasteiger partial charge in [-0.15, -0.1) is 11.3 Å². The SMILES string of the molecule is CCOC(=O)C(NC(C)=O)c1csc(NC(C)=O)n1. The molecule has 0 fully saturated rings. The van der Waals surface area contributed by atoms with Gasteiger partial charge in [0.15, 0.2) is 11.2 Å². The Balaban J connectivity index is 2.90. The first-order valence-electron chi connectivity index (χ1n) is 5.60. The Labute approximate surface area is 114 Å². The van der Waals surface area contributed by atoms with Gasteiger partial charge >= 0.3 is 5.97 Å². The highest BCUT2D eigenvalue weighted by Crippen LogP contribution is 2.21. The Morgan fingerprint density at radius 2 is 2.05 bits per heavy atom. The molecule has 7 nitrogen and oxygen atoms in total. The van der Waals surface area contributed by atoms with Gasteiger partial charge in [0.05, 0.1) is 12.3 Å². The van der Waals surface area contributed by atoms with Crippen LogP contribution in [0.5, 0.6) is 0 Å². The summed E-state index contributed by atoms with van der Waals surface area (Å²) in [4.78, 5) is 37.8. The third kappa shape index (κ3) is 4.66. The van der Waals surface area contributed by atoms with Gasteiger partial charge in [-0.1, -0.05) is 0 Å². The average Bonchev–Trinajstić information content (AvgIpc) is 2.73. The Morgan fingerprint density at radius 1 is 1.37 bits per heavy atom. The molecule has 1 heterocycles. The Kier molecular flexibility index (Phi) is 5.43. The van der Waals surface area contributed by atoms with Crippen LogP contribution in [-0.2, 0) is 19.1 Å². The second kappa shape index (κ2) is 6.83. The van der Waals surface area contributed by atoms with E-state index in [0.29, 0.717) is 10.8 Å². The number of aromatic nitrogens is 1. The molecule has 0 aliphatic carbocycles. The van der Waals surface area contributed by atoms with Crippen LogP contribution in [-0.4, -0.2) is 29.4 Å². The molecule has 0 bridgehead atoms. The number of nitrogens with zero attached hydrogens (tertiary/aromatic N) is 1. The van der Waals surface area contributed by atoms with Crippen molar-refractivity contribution in [2.45, 2.75) is 26.8 Å². The van der Waals surface area contributed by atoms with Crippen LogP contribution in [0, 0.1) is 0 Å². The minimum atomic E-state index is -0.962. The van der Waals surface area contributed by atoms with Crippen LogP contribution in [0.4, 0.5) is 5.13 Å². The predicted molar refractivity (Wildman–Crippen MR) is 69.6 cm³/mol. The van der Waals surface area contributed by atoms with Crippen molar-refractivity contribution in [3.63, 3.8) is 0 Å². The van der Waals surface area contributed by atoms with E-state index in [1.807, 2.05) is 0 Å². The maximum absolute atomic E-state index is 11.8. The lowest BCUT2D eigenvalue weighted by Crippen LogP contribution is -2.33. The molecule has 0 saturated heterocycles. The molecule has 1 atom stereocenters. The van der Waals surface area contributed by atoms with Crippen LogP contribution in [0.15, 0.2) is 5.38 Å². The first-order valence-corrected chi connectivity index (χ1v) is 6.48. The van der Waals surface area contributed by atoms with Crippen molar-refractivity contribution >= 4 is 34.3 Å². The van der Waals surface area contributed by atoms with E-state index in [2.05, 4.69) is 15.6 Å². The highest BCUT2D eigenvalue weighted by Gasteiger charge is 2.25. The quantitative estimate of drug-likeness (QED) is 0.781. The van der Waals surface area contributed by atoms with Gasteiger partial charge in [-0.3, -0.25) is 9.59 Å². The van der Waals surface area contributed by atoms with Crippen LogP contribution in [0.25, 0.3) is 0 Å². The molecule has 0 aliphatic rings. The lowest BCUT2D eigenvalue weighted by molar-refractivity contribution is -0.147. The molecule has 1 aromatic heterocycles. The number of amides is 2. The summed E-state index contributed by atoms with van der Waals surface area (Å²) in [6.07, 6.45) is 0. The second-order valence-electron chi connectivity index (χ2n) is 3.64. The van der Waals surface area contributed by atoms with E-state index in [9.17, 15) is 14.4 Å². The number of hydrogen-bond acceptors (Lipinski definition) is 6. The van der Waals surface area contributed by atoms with Gasteiger partial charge in [-0.2, -0.15) is 0 Å². The summed E-state index contributed by atoms with van der Waals surface area (Å²) in [5.74, 6) is -1.21. The molecule has 0 aromatic carbocycles. The second-order valence-corrected chi connectivity index (χ2v) is 4.50. The van der Waals surface area contributed by atoms with Crippen LogP contribution in [0.2, 0.25) is 0 Å². The summed E-state index contributed by atoms with van der Waals surface area (Å²) >= 11 is 1.17. The first kappa shape index (κ1) is 15.1. The van der Waals surface area contributed by atoms with Gasteiger partial charge in [0.25, 0.3) is 0 Å². The first-order chi connectivity index (χ1) is 8.93. The molecule has 0 spiro atoms. The predicted octanol–water partition coefficient (Wildman–Crippen LogP) is 0.842. The van der Waals surface area contributed by atoms with Crippen molar-refractivity contribution < 1.29 is 19.1 Å². The Bertz CT molecular complexity index is 486. The number of esters is 1. The summed E-state index contributed by atoms with van der Waals surface area (Å²) in [5, 5.41) is 6.92. The van der Waals surface area contributed by atoms with E-state index >= 15 is 0 Å². The third-order valence-electron chi connectivity index (χ3n) is 1.97. The zero-order valence-corrected chi connectivity index (χ0v) is 11.7. The van der Waals surface area contributed by atoms with Gasteiger partial charge in [-0.25, -0.2) is 9.78 Å². The molecule has 2 N–H and O–H groups in total. The zero-order valence-electron chi connectivity index (χ0n) is 10.9. The largest absolute Gasteiger partial charge is 0.464 e. The minimum absolute atomic E-state index is 0.206. The molecule has 0 aliphatic heterocycles. The highest BCUT2D eigenvalue weighted by atomic mass is 32.1. The molecule has 2 amide bonds. The van der Waals surface area contributed by atoms with E-state index in [4.69, 9.17) is 4.74 Å². The number of ether oxygens (including phenoxy) is 1. The molecule has 104 valence electrons. The van der Waals surface area contributed by atoms with Gasteiger partial charge in [0, 0.05) is 19.2 Å². The topological polar surface area (TPSA) is 97.4 Å². The molecular formula is C11H15N3O4S. The minimum Gasteiger partial charge on any atom is -0.464 e. The fourth-order valence-electron chi connectivity index (χ4n) is 1.31. The summed E-state index contributed by atoms with van der Waals surface area (Å²) in [6.45, 7) is 4.54. The number of carbonyl (C=O) groups is 3. The fourth-order valence-corrected chi connectivity index (χ4v) is 2.09. The molecule has 0 radical (unpaired) electrons. The number of anilines is 1. The third-order valence-corrected chi connectivity index (χ3v) is 2.75. The molecule has 1 rings (SSSR count). The zero-order chi connectivity index (χ0) is 14.4. The summed E-state index contributed by atoms with van der Waals surface area (Å²) < 4.78 is 4.87. The Hall–Kier alpha value is -1.96. The molecule has 1 aromatic rings. The highest BCUT2D eigenvalue weighted by molar-refractivity contribution is 7.13. The number of rotatable bonds is 5. The summed E-state index contributed by atoms with van der Waals surface area (Å²) in [5.41, 5.74) is 0.336. The lowest BCUT2D eigenvalue weighted by atomic mass is 10.2. The summed E-state index contributed by atoms with van der Waals surface area (Å²) in [6, 6.07) is -0.962. The van der Waals surface area contributed by atoms with E-state index in [1.165, 1.54) is 25.2 Å². The van der Waals surface area contributed by atoms with Crippen LogP contribution in [0.1, 0.15) is 32.5 Å². The number of thiazole rings is 1. The van der Waals surface area contributed by atoms with Crippen molar-refractivity contribution in [3.05, 3.63) is 11.1 Å². The van der Waals surface area contributed by atoms with Gasteiger partial charge in [-0.05, 0) is 6.92 Å². The maximum atomic E-state index is 11.8. The molecule has 0 saturated carbocycles. The van der Waals surface area contributed by atoms with E-state index in [1.54, 1.807) is 12.3 Å². The van der Waals surface area contributed by atoms with Crippen molar-refractivity contribution in [2.75, 3.05) is 11.9 Å². The fraction of sp³-hybridized carbons (Fsp3) is 0.455. The molecule has 8 heteroatoms. The van der Waals surface area contributed by atoms with E-state index in [-0.39, 0.29) is 18.4 Å². The molecule has 19 heavy (non-hydrogen) atoms. The van der Waals surface area contributed by atoms with Crippen LogP contribution >= 0.6 is 11.3 Å². The Morgan fingerprint density at radius 3 is 2.58 bits per heavy atom. The van der Waals surface area contributed by atoms with Crippen LogP contribution < -0.4 is 10.6 Å². The smallest absolute Gasteiger partial charge is 0.335 e. The van der Waals surface area contributed by atoms with E-state index in [0.717, 1.165) is 0 Å². The van der Waals surface area contributed by atoms with Gasteiger partial charge in [0.2, 0.25) is 11.8 Å². The number of hydrogen-bond donors (Lipinski definition) is 2. The van der Waals surface area contributed by atoms with Crippen molar-refractivity contribution in [1.82, 2.24) is 10.3 Å². The maximum Gasteiger partial charge on any atom is 0.335 e. The van der Waals surface area contributed by atoms with Gasteiger partial charge in [0.1, 0.15) is 0 Å². The van der Waals surface area contributed by atoms with Crippen molar-refractivity contribution in [3.8, 4) is 0 Å². The van der Waals surface area contributed by atoms with Crippen molar-refractivity contribution in [1.29, 1.82) is 0 Å². The number of carbonyl (C=O) groups excluding carboxylic acids is 3. The average molecular weight is 285 g/mol. The van der Waals surface area contributed by atoms with Gasteiger partial charge < -0.3 is 15.4 Å². The monoisotopic (exact) mass is 285 g/mol. The standard InChI is InChI=1S/C11H15N3O4S/c1-4-18-10(17)9(12-6(2)15)8-5-19-11(14-8)13-7(3)16/h5,9H,4H2,1-3H3,(H,12,15)(H,13,14,16). The van der Waals surface area contributed by atoms with E-state index < -0.39 is 12.0 Å². The molecule has 1 unspecified atom stereocenters. The van der Waals surface area contributed by atoms with Crippen molar-refractivity contribution in [2.24, 2.45) is 0 Å².